The minimum absolute atomic E-state index is 0.145. The number of amides is 1. The summed E-state index contributed by atoms with van der Waals surface area (Å²) in [5.74, 6) is -0.145. The van der Waals surface area contributed by atoms with Gasteiger partial charge in [0.25, 0.3) is 0 Å². The molecule has 0 aliphatic heterocycles. The Morgan fingerprint density at radius 2 is 2.16 bits per heavy atom. The summed E-state index contributed by atoms with van der Waals surface area (Å²) in [6.45, 7) is 0. The molecule has 1 aliphatic carbocycles. The Labute approximate surface area is 116 Å². The van der Waals surface area contributed by atoms with Gasteiger partial charge in [-0.1, -0.05) is 11.6 Å². The highest BCUT2D eigenvalue weighted by molar-refractivity contribution is 6.36. The van der Waals surface area contributed by atoms with Gasteiger partial charge in [-0.05, 0) is 43.5 Å². The van der Waals surface area contributed by atoms with Crippen LogP contribution in [0.5, 0.6) is 0 Å². The van der Waals surface area contributed by atoms with Crippen LogP contribution < -0.4 is 11.1 Å². The SMILES string of the molecule is NC1(C(=O)Nc2ccc(Cl)c3cccnc23)CCC1. The second kappa shape index (κ2) is 4.47. The number of nitrogens with zero attached hydrogens (tertiary/aromatic N) is 1. The number of carbonyl (C=O) groups is 1. The number of halogens is 1. The summed E-state index contributed by atoms with van der Waals surface area (Å²) in [4.78, 5) is 16.4. The van der Waals surface area contributed by atoms with Crippen LogP contribution in [0.4, 0.5) is 5.69 Å². The minimum atomic E-state index is -0.721. The van der Waals surface area contributed by atoms with Gasteiger partial charge in [-0.25, -0.2) is 0 Å². The molecule has 1 aromatic heterocycles. The fraction of sp³-hybridized carbons (Fsp3) is 0.286. The molecule has 4 nitrogen and oxygen atoms in total. The molecule has 1 aliphatic rings. The van der Waals surface area contributed by atoms with Crippen molar-refractivity contribution >= 4 is 34.1 Å². The molecule has 0 atom stereocenters. The largest absolute Gasteiger partial charge is 0.323 e. The zero-order chi connectivity index (χ0) is 13.5. The van der Waals surface area contributed by atoms with Crippen molar-refractivity contribution in [2.75, 3.05) is 5.32 Å². The van der Waals surface area contributed by atoms with Gasteiger partial charge < -0.3 is 11.1 Å². The van der Waals surface area contributed by atoms with E-state index in [1.807, 2.05) is 12.1 Å². The molecule has 1 heterocycles. The average Bonchev–Trinajstić information content (AvgIpc) is 2.39. The van der Waals surface area contributed by atoms with Crippen molar-refractivity contribution < 1.29 is 4.79 Å². The number of aromatic nitrogens is 1. The van der Waals surface area contributed by atoms with Crippen LogP contribution in [0.2, 0.25) is 5.02 Å². The number of anilines is 1. The molecular weight excluding hydrogens is 262 g/mol. The Hall–Kier alpha value is -1.65. The van der Waals surface area contributed by atoms with Gasteiger partial charge in [0.15, 0.2) is 0 Å². The maximum Gasteiger partial charge on any atom is 0.244 e. The monoisotopic (exact) mass is 275 g/mol. The predicted octanol–water partition coefficient (Wildman–Crippen LogP) is 2.71. The number of rotatable bonds is 2. The van der Waals surface area contributed by atoms with Gasteiger partial charge in [0.05, 0.1) is 21.8 Å². The summed E-state index contributed by atoms with van der Waals surface area (Å²) in [5.41, 5.74) is 6.63. The van der Waals surface area contributed by atoms with E-state index >= 15 is 0 Å². The van der Waals surface area contributed by atoms with Crippen molar-refractivity contribution in [3.63, 3.8) is 0 Å². The highest BCUT2D eigenvalue weighted by Gasteiger charge is 2.40. The molecule has 0 unspecified atom stereocenters. The van der Waals surface area contributed by atoms with Crippen LogP contribution in [0, 0.1) is 0 Å². The summed E-state index contributed by atoms with van der Waals surface area (Å²) in [6.07, 6.45) is 4.15. The first-order chi connectivity index (χ1) is 9.10. The van der Waals surface area contributed by atoms with Crippen LogP contribution in [-0.2, 0) is 4.79 Å². The first kappa shape index (κ1) is 12.4. The molecule has 3 N–H and O–H groups in total. The molecule has 1 aromatic carbocycles. The van der Waals surface area contributed by atoms with Crippen LogP contribution >= 0.6 is 11.6 Å². The third kappa shape index (κ3) is 2.07. The van der Waals surface area contributed by atoms with E-state index in [2.05, 4.69) is 10.3 Å². The van der Waals surface area contributed by atoms with E-state index in [0.717, 1.165) is 24.6 Å². The fourth-order valence-corrected chi connectivity index (χ4v) is 2.49. The lowest BCUT2D eigenvalue weighted by molar-refractivity contribution is -0.123. The number of pyridine rings is 1. The number of hydrogen-bond acceptors (Lipinski definition) is 3. The van der Waals surface area contributed by atoms with Crippen molar-refractivity contribution in [2.45, 2.75) is 24.8 Å². The molecule has 0 saturated heterocycles. The smallest absolute Gasteiger partial charge is 0.244 e. The third-order valence-electron chi connectivity index (χ3n) is 3.66. The normalized spacial score (nSPS) is 16.9. The summed E-state index contributed by atoms with van der Waals surface area (Å²) in [5, 5.41) is 4.31. The lowest BCUT2D eigenvalue weighted by atomic mass is 9.77. The average molecular weight is 276 g/mol. The zero-order valence-corrected chi connectivity index (χ0v) is 11.1. The van der Waals surface area contributed by atoms with E-state index in [-0.39, 0.29) is 5.91 Å². The number of hydrogen-bond donors (Lipinski definition) is 2. The van der Waals surface area contributed by atoms with E-state index in [0.29, 0.717) is 16.2 Å². The summed E-state index contributed by atoms with van der Waals surface area (Å²) >= 11 is 6.12. The van der Waals surface area contributed by atoms with E-state index in [1.165, 1.54) is 0 Å². The Kier molecular flexibility index (Phi) is 2.92. The van der Waals surface area contributed by atoms with Gasteiger partial charge in [0.1, 0.15) is 0 Å². The van der Waals surface area contributed by atoms with Gasteiger partial charge in [-0.2, -0.15) is 0 Å². The van der Waals surface area contributed by atoms with Gasteiger partial charge in [0, 0.05) is 11.6 Å². The van der Waals surface area contributed by atoms with E-state index in [1.54, 1.807) is 18.3 Å². The Morgan fingerprint density at radius 3 is 2.84 bits per heavy atom. The minimum Gasteiger partial charge on any atom is -0.323 e. The third-order valence-corrected chi connectivity index (χ3v) is 3.99. The number of fused-ring (bicyclic) bond motifs is 1. The van der Waals surface area contributed by atoms with E-state index in [9.17, 15) is 4.79 Å². The van der Waals surface area contributed by atoms with Crippen LogP contribution in [-0.4, -0.2) is 16.4 Å². The highest BCUT2D eigenvalue weighted by Crippen LogP contribution is 2.32. The molecule has 1 amide bonds. The molecule has 0 spiro atoms. The van der Waals surface area contributed by atoms with Crippen molar-refractivity contribution in [1.29, 1.82) is 0 Å². The van der Waals surface area contributed by atoms with Crippen LogP contribution in [0.25, 0.3) is 10.9 Å². The molecule has 3 rings (SSSR count). The van der Waals surface area contributed by atoms with E-state index in [4.69, 9.17) is 17.3 Å². The Bertz CT molecular complexity index is 652. The molecule has 5 heteroatoms. The molecule has 19 heavy (non-hydrogen) atoms. The van der Waals surface area contributed by atoms with Crippen molar-refractivity contribution in [3.05, 3.63) is 35.5 Å². The molecule has 0 radical (unpaired) electrons. The van der Waals surface area contributed by atoms with Crippen LogP contribution in [0.1, 0.15) is 19.3 Å². The number of benzene rings is 1. The standard InChI is InChI=1S/C14H14ClN3O/c15-10-4-5-11(12-9(10)3-1-8-17-12)18-13(19)14(16)6-2-7-14/h1,3-5,8H,2,6-7,16H2,(H,18,19). The number of nitrogens with two attached hydrogens (primary N) is 1. The fourth-order valence-electron chi connectivity index (χ4n) is 2.27. The maximum atomic E-state index is 12.1. The van der Waals surface area contributed by atoms with Crippen LogP contribution in [0.15, 0.2) is 30.5 Å². The second-order valence-electron chi connectivity index (χ2n) is 4.96. The van der Waals surface area contributed by atoms with Crippen molar-refractivity contribution in [2.24, 2.45) is 5.73 Å². The molecule has 98 valence electrons. The van der Waals surface area contributed by atoms with Gasteiger partial charge >= 0.3 is 0 Å². The summed E-state index contributed by atoms with van der Waals surface area (Å²) in [7, 11) is 0. The second-order valence-corrected chi connectivity index (χ2v) is 5.37. The first-order valence-corrected chi connectivity index (χ1v) is 6.61. The summed E-state index contributed by atoms with van der Waals surface area (Å²) in [6, 6.07) is 7.21. The molecule has 1 fully saturated rings. The highest BCUT2D eigenvalue weighted by atomic mass is 35.5. The van der Waals surface area contributed by atoms with E-state index < -0.39 is 5.54 Å². The number of nitrogens with one attached hydrogen (secondary N) is 1. The van der Waals surface area contributed by atoms with Crippen molar-refractivity contribution in [3.8, 4) is 0 Å². The van der Waals surface area contributed by atoms with Crippen LogP contribution in [0.3, 0.4) is 0 Å². The van der Waals surface area contributed by atoms with Gasteiger partial charge in [-0.3, -0.25) is 9.78 Å². The van der Waals surface area contributed by atoms with Crippen molar-refractivity contribution in [1.82, 2.24) is 4.98 Å². The molecule has 2 aromatic rings. The lowest BCUT2D eigenvalue weighted by Crippen LogP contribution is -2.56. The number of carbonyl (C=O) groups excluding carboxylic acids is 1. The lowest BCUT2D eigenvalue weighted by Gasteiger charge is -2.36. The summed E-state index contributed by atoms with van der Waals surface area (Å²) < 4.78 is 0. The predicted molar refractivity (Wildman–Crippen MR) is 76.2 cm³/mol. The van der Waals surface area contributed by atoms with Gasteiger partial charge in [-0.15, -0.1) is 0 Å². The first-order valence-electron chi connectivity index (χ1n) is 6.24. The maximum absolute atomic E-state index is 12.1. The Morgan fingerprint density at radius 1 is 1.37 bits per heavy atom. The topological polar surface area (TPSA) is 68.0 Å². The molecular formula is C14H14ClN3O. The Balaban J connectivity index is 1.97. The molecule has 0 bridgehead atoms. The van der Waals surface area contributed by atoms with Gasteiger partial charge in [0.2, 0.25) is 5.91 Å². The quantitative estimate of drug-likeness (QED) is 0.885. The zero-order valence-electron chi connectivity index (χ0n) is 10.3. The molecule has 1 saturated carbocycles.